The molecule has 0 aromatic carbocycles. The van der Waals surface area contributed by atoms with Crippen LogP contribution in [0.3, 0.4) is 0 Å². The summed E-state index contributed by atoms with van der Waals surface area (Å²) in [5, 5.41) is 3.78. The normalized spacial score (nSPS) is 29.3. The van der Waals surface area contributed by atoms with Gasteiger partial charge in [-0.25, -0.2) is 9.97 Å². The van der Waals surface area contributed by atoms with Crippen molar-refractivity contribution in [3.05, 3.63) is 24.3 Å². The molecule has 4 nitrogen and oxygen atoms in total. The van der Waals surface area contributed by atoms with Gasteiger partial charge in [0.05, 0.1) is 6.54 Å². The van der Waals surface area contributed by atoms with Crippen LogP contribution in [0, 0.1) is 11.8 Å². The second kappa shape index (κ2) is 6.19. The van der Waals surface area contributed by atoms with E-state index >= 15 is 0 Å². The van der Waals surface area contributed by atoms with E-state index in [0.717, 1.165) is 31.4 Å². The zero-order valence-electron chi connectivity index (χ0n) is 12.6. The van der Waals surface area contributed by atoms with E-state index in [1.54, 1.807) is 0 Å². The first-order valence-electron chi connectivity index (χ1n) is 8.01. The quantitative estimate of drug-likeness (QED) is 0.892. The lowest BCUT2D eigenvalue weighted by atomic mass is 9.93. The molecular formula is C16H26N4. The van der Waals surface area contributed by atoms with Gasteiger partial charge in [-0.3, -0.25) is 4.90 Å². The predicted molar refractivity (Wildman–Crippen MR) is 80.2 cm³/mol. The van der Waals surface area contributed by atoms with Gasteiger partial charge in [0.1, 0.15) is 5.82 Å². The number of aromatic nitrogens is 2. The molecular weight excluding hydrogens is 248 g/mol. The Balaban J connectivity index is 1.70. The van der Waals surface area contributed by atoms with E-state index in [0.29, 0.717) is 18.0 Å². The summed E-state index contributed by atoms with van der Waals surface area (Å²) < 4.78 is 0. The lowest BCUT2D eigenvalue weighted by Gasteiger charge is -2.43. The van der Waals surface area contributed by atoms with Crippen LogP contribution in [0.5, 0.6) is 0 Å². The molecule has 110 valence electrons. The van der Waals surface area contributed by atoms with Gasteiger partial charge in [0.15, 0.2) is 0 Å². The first-order chi connectivity index (χ1) is 9.78. The molecule has 20 heavy (non-hydrogen) atoms. The molecule has 2 fully saturated rings. The molecule has 2 aliphatic rings. The summed E-state index contributed by atoms with van der Waals surface area (Å²) in [5.41, 5.74) is 0. The number of nitrogens with one attached hydrogen (secondary N) is 1. The van der Waals surface area contributed by atoms with Gasteiger partial charge < -0.3 is 5.32 Å². The summed E-state index contributed by atoms with van der Waals surface area (Å²) in [5.74, 6) is 2.58. The number of piperazine rings is 1. The van der Waals surface area contributed by atoms with Crippen molar-refractivity contribution in [2.45, 2.75) is 51.7 Å². The van der Waals surface area contributed by atoms with Crippen LogP contribution < -0.4 is 5.32 Å². The zero-order valence-corrected chi connectivity index (χ0v) is 12.6. The van der Waals surface area contributed by atoms with E-state index in [9.17, 15) is 0 Å². The molecule has 0 bridgehead atoms. The molecule has 1 N–H and O–H groups in total. The molecule has 3 atom stereocenters. The highest BCUT2D eigenvalue weighted by Crippen LogP contribution is 2.35. The van der Waals surface area contributed by atoms with Gasteiger partial charge in [-0.2, -0.15) is 0 Å². The Morgan fingerprint density at radius 3 is 2.75 bits per heavy atom. The Hall–Kier alpha value is -1.00. The SMILES string of the molecule is CCC(C)C1CNC(C2CC2)CN1Cc1ncccn1. The topological polar surface area (TPSA) is 41.0 Å². The Morgan fingerprint density at radius 2 is 2.10 bits per heavy atom. The van der Waals surface area contributed by atoms with Gasteiger partial charge in [-0.15, -0.1) is 0 Å². The van der Waals surface area contributed by atoms with Crippen LogP contribution >= 0.6 is 0 Å². The number of rotatable bonds is 5. The summed E-state index contributed by atoms with van der Waals surface area (Å²) in [7, 11) is 0. The third-order valence-electron chi connectivity index (χ3n) is 4.95. The summed E-state index contributed by atoms with van der Waals surface area (Å²) in [6.07, 6.45) is 7.73. The predicted octanol–water partition coefficient (Wildman–Crippen LogP) is 2.08. The van der Waals surface area contributed by atoms with Gasteiger partial charge in [0, 0.05) is 37.6 Å². The maximum absolute atomic E-state index is 4.40. The van der Waals surface area contributed by atoms with Gasteiger partial charge in [-0.1, -0.05) is 20.3 Å². The Morgan fingerprint density at radius 1 is 1.35 bits per heavy atom. The number of hydrogen-bond acceptors (Lipinski definition) is 4. The fourth-order valence-corrected chi connectivity index (χ4v) is 3.28. The van der Waals surface area contributed by atoms with Crippen LogP contribution in [0.1, 0.15) is 38.9 Å². The van der Waals surface area contributed by atoms with E-state index < -0.39 is 0 Å². The van der Waals surface area contributed by atoms with Crippen LogP contribution in [-0.2, 0) is 6.54 Å². The molecule has 1 aliphatic heterocycles. The molecule has 1 aromatic rings. The standard InChI is InChI=1S/C16H26N4/c1-3-12(2)15-9-19-14(13-5-6-13)10-20(15)11-16-17-7-4-8-18-16/h4,7-8,12-15,19H,3,5-6,9-11H2,1-2H3. The fourth-order valence-electron chi connectivity index (χ4n) is 3.28. The average Bonchev–Trinajstić information content (AvgIpc) is 3.32. The van der Waals surface area contributed by atoms with Crippen LogP contribution in [0.15, 0.2) is 18.5 Å². The van der Waals surface area contributed by atoms with Gasteiger partial charge in [0.2, 0.25) is 0 Å². The van der Waals surface area contributed by atoms with Crippen molar-refractivity contribution in [1.82, 2.24) is 20.2 Å². The highest BCUT2D eigenvalue weighted by atomic mass is 15.2. The van der Waals surface area contributed by atoms with Crippen molar-refractivity contribution in [3.8, 4) is 0 Å². The van der Waals surface area contributed by atoms with Gasteiger partial charge >= 0.3 is 0 Å². The highest BCUT2D eigenvalue weighted by Gasteiger charge is 2.38. The summed E-state index contributed by atoms with van der Waals surface area (Å²) in [6, 6.07) is 3.18. The van der Waals surface area contributed by atoms with Crippen molar-refractivity contribution in [3.63, 3.8) is 0 Å². The van der Waals surface area contributed by atoms with Crippen molar-refractivity contribution >= 4 is 0 Å². The molecule has 3 rings (SSSR count). The van der Waals surface area contributed by atoms with E-state index in [1.807, 2.05) is 18.5 Å². The van der Waals surface area contributed by atoms with E-state index in [4.69, 9.17) is 0 Å². The maximum atomic E-state index is 4.40. The minimum atomic E-state index is 0.610. The fraction of sp³-hybridized carbons (Fsp3) is 0.750. The maximum Gasteiger partial charge on any atom is 0.142 e. The third kappa shape index (κ3) is 3.18. The number of hydrogen-bond donors (Lipinski definition) is 1. The molecule has 1 aliphatic carbocycles. The lowest BCUT2D eigenvalue weighted by Crippen LogP contribution is -2.58. The molecule has 1 saturated carbocycles. The molecule has 0 spiro atoms. The minimum absolute atomic E-state index is 0.610. The molecule has 4 heteroatoms. The van der Waals surface area contributed by atoms with Crippen LogP contribution in [-0.4, -0.2) is 40.0 Å². The van der Waals surface area contributed by atoms with Crippen LogP contribution in [0.4, 0.5) is 0 Å². The highest BCUT2D eigenvalue weighted by molar-refractivity contribution is 4.98. The second-order valence-corrected chi connectivity index (χ2v) is 6.40. The molecule has 3 unspecified atom stereocenters. The molecule has 0 amide bonds. The first kappa shape index (κ1) is 14.0. The average molecular weight is 274 g/mol. The second-order valence-electron chi connectivity index (χ2n) is 6.40. The lowest BCUT2D eigenvalue weighted by molar-refractivity contribution is 0.0763. The summed E-state index contributed by atoms with van der Waals surface area (Å²) in [4.78, 5) is 11.4. The summed E-state index contributed by atoms with van der Waals surface area (Å²) in [6.45, 7) is 7.80. The summed E-state index contributed by atoms with van der Waals surface area (Å²) >= 11 is 0. The molecule has 0 radical (unpaired) electrons. The molecule has 1 aromatic heterocycles. The van der Waals surface area contributed by atoms with Crippen molar-refractivity contribution in [1.29, 1.82) is 0 Å². The van der Waals surface area contributed by atoms with E-state index in [-0.39, 0.29) is 0 Å². The van der Waals surface area contributed by atoms with Crippen molar-refractivity contribution < 1.29 is 0 Å². The monoisotopic (exact) mass is 274 g/mol. The Kier molecular flexibility index (Phi) is 4.32. The van der Waals surface area contributed by atoms with E-state index in [2.05, 4.69) is 34.0 Å². The van der Waals surface area contributed by atoms with Crippen molar-refractivity contribution in [2.24, 2.45) is 11.8 Å². The Labute approximate surface area is 122 Å². The zero-order chi connectivity index (χ0) is 13.9. The van der Waals surface area contributed by atoms with Crippen LogP contribution in [0.25, 0.3) is 0 Å². The third-order valence-corrected chi connectivity index (χ3v) is 4.95. The minimum Gasteiger partial charge on any atom is -0.311 e. The smallest absolute Gasteiger partial charge is 0.142 e. The largest absolute Gasteiger partial charge is 0.311 e. The molecule has 1 saturated heterocycles. The van der Waals surface area contributed by atoms with Crippen molar-refractivity contribution in [2.75, 3.05) is 13.1 Å². The van der Waals surface area contributed by atoms with E-state index in [1.165, 1.54) is 19.3 Å². The van der Waals surface area contributed by atoms with Gasteiger partial charge in [0.25, 0.3) is 0 Å². The van der Waals surface area contributed by atoms with Crippen LogP contribution in [0.2, 0.25) is 0 Å². The molecule has 2 heterocycles. The first-order valence-corrected chi connectivity index (χ1v) is 8.01. The van der Waals surface area contributed by atoms with Gasteiger partial charge in [-0.05, 0) is 30.7 Å². The number of nitrogens with zero attached hydrogens (tertiary/aromatic N) is 3. The Bertz CT molecular complexity index is 418.